The summed E-state index contributed by atoms with van der Waals surface area (Å²) in [5.41, 5.74) is 1.54. The third-order valence-corrected chi connectivity index (χ3v) is 3.77. The number of rotatable bonds is 3. The lowest BCUT2D eigenvalue weighted by molar-refractivity contribution is -0.121. The third kappa shape index (κ3) is 2.70. The zero-order valence-electron chi connectivity index (χ0n) is 13.1. The predicted octanol–water partition coefficient (Wildman–Crippen LogP) is 2.82. The lowest BCUT2D eigenvalue weighted by Gasteiger charge is -2.11. The monoisotopic (exact) mass is 330 g/mol. The molecule has 0 spiro atoms. The van der Waals surface area contributed by atoms with Crippen LogP contribution >= 0.6 is 0 Å². The highest BCUT2D eigenvalue weighted by Crippen LogP contribution is 2.20. The van der Waals surface area contributed by atoms with E-state index in [1.165, 1.54) is 4.90 Å². The molecule has 0 atom stereocenters. The van der Waals surface area contributed by atoms with Gasteiger partial charge >= 0.3 is 0 Å². The molecule has 4 rings (SSSR count). The van der Waals surface area contributed by atoms with Crippen molar-refractivity contribution in [1.29, 1.82) is 0 Å². The molecule has 6 nitrogen and oxygen atoms in total. The van der Waals surface area contributed by atoms with Gasteiger partial charge in [0.2, 0.25) is 5.88 Å². The average Bonchev–Trinajstić information content (AvgIpc) is 3.13. The smallest absolute Gasteiger partial charge is 0.282 e. The molecule has 0 aliphatic carbocycles. The Balaban J connectivity index is 1.49. The fraction of sp³-hybridized carbons (Fsp3) is 0. The van der Waals surface area contributed by atoms with Crippen molar-refractivity contribution in [3.8, 4) is 5.88 Å². The Kier molecular flexibility index (Phi) is 3.63. The average molecular weight is 330 g/mol. The van der Waals surface area contributed by atoms with Gasteiger partial charge in [-0.2, -0.15) is 0 Å². The number of allylic oxidation sites excluding steroid dienone is 6. The summed E-state index contributed by atoms with van der Waals surface area (Å²) in [5, 5.41) is 10.1. The number of amides is 1. The first-order valence-electron chi connectivity index (χ1n) is 7.72. The second-order valence-electron chi connectivity index (χ2n) is 5.39. The van der Waals surface area contributed by atoms with E-state index in [1.54, 1.807) is 59.3 Å². The number of hydrogen-bond donors (Lipinski definition) is 1. The molecule has 2 aromatic rings. The van der Waals surface area contributed by atoms with E-state index >= 15 is 0 Å². The number of amidine groups is 1. The van der Waals surface area contributed by atoms with Crippen LogP contribution in [0.3, 0.4) is 0 Å². The molecule has 1 amide bonds. The van der Waals surface area contributed by atoms with Crippen LogP contribution in [0.5, 0.6) is 5.88 Å². The fourth-order valence-corrected chi connectivity index (χ4v) is 2.57. The predicted molar refractivity (Wildman–Crippen MR) is 95.7 cm³/mol. The van der Waals surface area contributed by atoms with E-state index in [4.69, 9.17) is 0 Å². The lowest BCUT2D eigenvalue weighted by Crippen LogP contribution is -2.26. The quantitative estimate of drug-likeness (QED) is 0.695. The van der Waals surface area contributed by atoms with Crippen LogP contribution in [-0.2, 0) is 4.79 Å². The highest BCUT2D eigenvalue weighted by Gasteiger charge is 2.27. The van der Waals surface area contributed by atoms with Crippen LogP contribution in [0, 0.1) is 0 Å². The summed E-state index contributed by atoms with van der Waals surface area (Å²) in [4.78, 5) is 22.2. The Labute approximate surface area is 143 Å². The molecule has 2 aliphatic heterocycles. The Morgan fingerprint density at radius 2 is 2.04 bits per heavy atom. The molecule has 0 unspecified atom stereocenters. The molecular formula is C19H14N4O2. The fourth-order valence-electron chi connectivity index (χ4n) is 2.57. The number of carbonyl (C=O) groups is 1. The second kappa shape index (κ2) is 6.09. The van der Waals surface area contributed by atoms with Crippen LogP contribution in [-0.4, -0.2) is 31.1 Å². The Bertz CT molecular complexity index is 1030. The largest absolute Gasteiger partial charge is 0.493 e. The highest BCUT2D eigenvalue weighted by molar-refractivity contribution is 6.17. The molecule has 0 radical (unpaired) electrons. The van der Waals surface area contributed by atoms with E-state index < -0.39 is 0 Å². The molecule has 0 bridgehead atoms. The van der Waals surface area contributed by atoms with Crippen molar-refractivity contribution in [1.82, 2.24) is 14.3 Å². The minimum absolute atomic E-state index is 0.0893. The zero-order chi connectivity index (χ0) is 17.2. The molecule has 4 heterocycles. The van der Waals surface area contributed by atoms with Crippen molar-refractivity contribution in [2.45, 2.75) is 0 Å². The van der Waals surface area contributed by atoms with Crippen molar-refractivity contribution < 1.29 is 9.90 Å². The van der Waals surface area contributed by atoms with Crippen LogP contribution in [0.1, 0.15) is 5.69 Å². The van der Waals surface area contributed by atoms with Crippen LogP contribution in [0.4, 0.5) is 0 Å². The van der Waals surface area contributed by atoms with Crippen LogP contribution < -0.4 is 0 Å². The van der Waals surface area contributed by atoms with Crippen molar-refractivity contribution in [3.63, 3.8) is 0 Å². The molecule has 2 aromatic heterocycles. The SMILES string of the molecule is O=C1C(=CC=CC=Cc2nc3ccccn3c2O)N=C2C=CC=CN12. The maximum Gasteiger partial charge on any atom is 0.282 e. The van der Waals surface area contributed by atoms with Gasteiger partial charge in [0.25, 0.3) is 5.91 Å². The number of aliphatic imine (C=N–C) groups is 1. The summed E-state index contributed by atoms with van der Waals surface area (Å²) < 4.78 is 1.61. The number of carbonyl (C=O) groups excluding carboxylic acids is 1. The van der Waals surface area contributed by atoms with Gasteiger partial charge in [-0.15, -0.1) is 0 Å². The van der Waals surface area contributed by atoms with E-state index in [0.717, 1.165) is 0 Å². The molecule has 6 heteroatoms. The first-order valence-corrected chi connectivity index (χ1v) is 7.72. The van der Waals surface area contributed by atoms with Crippen molar-refractivity contribution in [2.24, 2.45) is 4.99 Å². The summed E-state index contributed by atoms with van der Waals surface area (Å²) >= 11 is 0. The van der Waals surface area contributed by atoms with E-state index in [0.29, 0.717) is 22.9 Å². The van der Waals surface area contributed by atoms with Gasteiger partial charge in [-0.25, -0.2) is 9.98 Å². The lowest BCUT2D eigenvalue weighted by atomic mass is 10.3. The number of aromatic hydroxyl groups is 1. The Hall–Kier alpha value is -3.67. The van der Waals surface area contributed by atoms with Gasteiger partial charge in [0, 0.05) is 12.4 Å². The maximum atomic E-state index is 12.1. The summed E-state index contributed by atoms with van der Waals surface area (Å²) in [6.07, 6.45) is 17.4. The van der Waals surface area contributed by atoms with Gasteiger partial charge in [0.1, 0.15) is 22.9 Å². The van der Waals surface area contributed by atoms with E-state index in [2.05, 4.69) is 9.98 Å². The summed E-state index contributed by atoms with van der Waals surface area (Å²) in [5.74, 6) is 0.561. The minimum atomic E-state index is -0.151. The third-order valence-electron chi connectivity index (χ3n) is 3.77. The molecule has 0 fully saturated rings. The summed E-state index contributed by atoms with van der Waals surface area (Å²) in [7, 11) is 0. The molecule has 0 aromatic carbocycles. The summed E-state index contributed by atoms with van der Waals surface area (Å²) in [6.45, 7) is 0. The normalized spacial score (nSPS) is 18.2. The topological polar surface area (TPSA) is 70.2 Å². The molecule has 25 heavy (non-hydrogen) atoms. The Morgan fingerprint density at radius 1 is 1.12 bits per heavy atom. The van der Waals surface area contributed by atoms with Gasteiger partial charge in [0.15, 0.2) is 0 Å². The van der Waals surface area contributed by atoms with Gasteiger partial charge in [-0.05, 0) is 36.4 Å². The zero-order valence-corrected chi connectivity index (χ0v) is 13.1. The van der Waals surface area contributed by atoms with Crippen molar-refractivity contribution in [3.05, 3.63) is 84.5 Å². The molecule has 2 aliphatic rings. The number of pyridine rings is 1. The standard InChI is InChI=1S/C19H14N4O2/c24-18-14(20-16-10-4-6-12-22(16)18)8-2-1-3-9-15-19(25)23-13-7-5-11-17(23)21-15/h1-13,24H. The van der Waals surface area contributed by atoms with E-state index in [1.807, 2.05) is 24.3 Å². The van der Waals surface area contributed by atoms with Gasteiger partial charge in [0.05, 0.1) is 0 Å². The number of nitrogens with zero attached hydrogens (tertiary/aromatic N) is 4. The van der Waals surface area contributed by atoms with E-state index in [9.17, 15) is 9.90 Å². The highest BCUT2D eigenvalue weighted by atomic mass is 16.3. The van der Waals surface area contributed by atoms with Gasteiger partial charge in [-0.1, -0.05) is 30.4 Å². The summed E-state index contributed by atoms with van der Waals surface area (Å²) in [6, 6.07) is 5.51. The van der Waals surface area contributed by atoms with Crippen LogP contribution in [0.15, 0.2) is 83.8 Å². The second-order valence-corrected chi connectivity index (χ2v) is 5.39. The molecule has 1 N–H and O–H groups in total. The van der Waals surface area contributed by atoms with Crippen LogP contribution in [0.25, 0.3) is 11.7 Å². The number of fused-ring (bicyclic) bond motifs is 2. The molecule has 0 saturated carbocycles. The first kappa shape index (κ1) is 14.9. The number of hydrogen-bond acceptors (Lipinski definition) is 4. The first-order chi connectivity index (χ1) is 12.2. The van der Waals surface area contributed by atoms with Gasteiger partial charge < -0.3 is 5.11 Å². The Morgan fingerprint density at radius 3 is 2.88 bits per heavy atom. The van der Waals surface area contributed by atoms with E-state index in [-0.39, 0.29) is 11.8 Å². The number of aromatic nitrogens is 2. The van der Waals surface area contributed by atoms with Gasteiger partial charge in [-0.3, -0.25) is 14.1 Å². The van der Waals surface area contributed by atoms with Crippen molar-refractivity contribution in [2.75, 3.05) is 0 Å². The maximum absolute atomic E-state index is 12.1. The molecule has 122 valence electrons. The van der Waals surface area contributed by atoms with Crippen molar-refractivity contribution >= 4 is 23.5 Å². The molecule has 0 saturated heterocycles. The minimum Gasteiger partial charge on any atom is -0.493 e. The number of imidazole rings is 1. The molecular weight excluding hydrogens is 316 g/mol. The van der Waals surface area contributed by atoms with Crippen LogP contribution in [0.2, 0.25) is 0 Å².